The molecule has 1 aliphatic rings. The second kappa shape index (κ2) is 13.4. The maximum atomic E-state index is 12.1. The lowest BCUT2D eigenvalue weighted by Crippen LogP contribution is -2.44. The van der Waals surface area contributed by atoms with Crippen LogP contribution in [0.3, 0.4) is 0 Å². The third-order valence-corrected chi connectivity index (χ3v) is 5.15. The molecule has 1 aromatic carbocycles. The van der Waals surface area contributed by atoms with Gasteiger partial charge in [-0.05, 0) is 31.0 Å². The second-order valence-electron chi connectivity index (χ2n) is 7.16. The van der Waals surface area contributed by atoms with Gasteiger partial charge in [-0.1, -0.05) is 41.9 Å². The number of halogens is 2. The molecule has 2 aromatic rings. The van der Waals surface area contributed by atoms with E-state index in [4.69, 9.17) is 11.6 Å². The van der Waals surface area contributed by atoms with E-state index in [1.807, 2.05) is 49.4 Å². The Kier molecular flexibility index (Phi) is 10.9. The number of nitrogens with one attached hydrogen (secondary N) is 3. The molecule has 31 heavy (non-hydrogen) atoms. The number of aromatic nitrogens is 1. The van der Waals surface area contributed by atoms with Gasteiger partial charge in [0.15, 0.2) is 5.96 Å². The van der Waals surface area contributed by atoms with Crippen LogP contribution in [0.4, 0.5) is 5.82 Å². The zero-order valence-electron chi connectivity index (χ0n) is 17.7. The highest BCUT2D eigenvalue weighted by Crippen LogP contribution is 2.25. The first kappa shape index (κ1) is 25.2. The van der Waals surface area contributed by atoms with Crippen LogP contribution in [0.25, 0.3) is 0 Å². The van der Waals surface area contributed by atoms with E-state index >= 15 is 0 Å². The molecule has 1 unspecified atom stereocenters. The zero-order chi connectivity index (χ0) is 21.2. The molecule has 0 bridgehead atoms. The maximum Gasteiger partial charge on any atom is 0.222 e. The summed E-state index contributed by atoms with van der Waals surface area (Å²) in [5.74, 6) is 1.54. The number of hydrogen-bond acceptors (Lipinski definition) is 4. The molecule has 2 heterocycles. The monoisotopic (exact) mass is 556 g/mol. The van der Waals surface area contributed by atoms with E-state index in [2.05, 4.69) is 30.8 Å². The first-order valence-corrected chi connectivity index (χ1v) is 10.7. The number of nitrogens with zero attached hydrogens (tertiary/aromatic N) is 3. The minimum absolute atomic E-state index is 0. The Morgan fingerprint density at radius 1 is 1.23 bits per heavy atom. The highest BCUT2D eigenvalue weighted by atomic mass is 127. The molecule has 1 atom stereocenters. The average Bonchev–Trinajstić information content (AvgIpc) is 3.21. The van der Waals surface area contributed by atoms with Gasteiger partial charge in [0.2, 0.25) is 5.91 Å². The van der Waals surface area contributed by atoms with Crippen molar-refractivity contribution in [3.8, 4) is 0 Å². The van der Waals surface area contributed by atoms with Crippen molar-refractivity contribution in [2.45, 2.75) is 32.4 Å². The molecule has 1 fully saturated rings. The summed E-state index contributed by atoms with van der Waals surface area (Å²) >= 11 is 6.27. The summed E-state index contributed by atoms with van der Waals surface area (Å²) in [6.07, 6.45) is 3.08. The third kappa shape index (κ3) is 8.17. The van der Waals surface area contributed by atoms with Crippen LogP contribution in [0.5, 0.6) is 0 Å². The summed E-state index contributed by atoms with van der Waals surface area (Å²) in [5, 5.41) is 10.3. The minimum atomic E-state index is -0.00436. The second-order valence-corrected chi connectivity index (χ2v) is 7.56. The molecule has 7 nitrogen and oxygen atoms in total. The van der Waals surface area contributed by atoms with E-state index in [0.29, 0.717) is 24.5 Å². The lowest BCUT2D eigenvalue weighted by atomic mass is 10.2. The summed E-state index contributed by atoms with van der Waals surface area (Å²) in [5.41, 5.74) is 1.09. The highest BCUT2D eigenvalue weighted by Gasteiger charge is 2.25. The third-order valence-electron chi connectivity index (χ3n) is 4.85. The van der Waals surface area contributed by atoms with Crippen molar-refractivity contribution in [2.75, 3.05) is 31.1 Å². The number of aliphatic imine (C=N–C) groups is 1. The van der Waals surface area contributed by atoms with Crippen LogP contribution >= 0.6 is 35.6 Å². The van der Waals surface area contributed by atoms with Crippen LogP contribution in [-0.2, 0) is 11.3 Å². The SMILES string of the molecule is CCNC(=NCCC(=O)NCc1ccccc1)NC1CCN(c2ncccc2Cl)C1.I. The van der Waals surface area contributed by atoms with Gasteiger partial charge in [-0.2, -0.15) is 0 Å². The molecule has 1 aromatic heterocycles. The number of benzene rings is 1. The van der Waals surface area contributed by atoms with Gasteiger partial charge in [-0.3, -0.25) is 9.79 Å². The van der Waals surface area contributed by atoms with Crippen LogP contribution in [0, 0.1) is 0 Å². The largest absolute Gasteiger partial charge is 0.357 e. The topological polar surface area (TPSA) is 81.6 Å². The summed E-state index contributed by atoms with van der Waals surface area (Å²) < 4.78 is 0. The van der Waals surface area contributed by atoms with E-state index in [-0.39, 0.29) is 35.9 Å². The van der Waals surface area contributed by atoms with Gasteiger partial charge in [0, 0.05) is 44.8 Å². The predicted molar refractivity (Wildman–Crippen MR) is 137 cm³/mol. The molecule has 1 saturated heterocycles. The fraction of sp³-hybridized carbons (Fsp3) is 0.409. The van der Waals surface area contributed by atoms with Crippen molar-refractivity contribution in [1.82, 2.24) is 20.9 Å². The Bertz CT molecular complexity index is 851. The standard InChI is InChI=1S/C22H29ClN6O.HI/c1-2-24-22(26-13-10-20(30)27-15-17-7-4-3-5-8-17)28-18-11-14-29(16-18)21-19(23)9-6-12-25-21;/h3-9,12,18H,2,10-11,13-16H2,1H3,(H,27,30)(H2,24,26,28);1H. The van der Waals surface area contributed by atoms with E-state index < -0.39 is 0 Å². The Morgan fingerprint density at radius 3 is 2.77 bits per heavy atom. The maximum absolute atomic E-state index is 12.1. The van der Waals surface area contributed by atoms with Gasteiger partial charge in [0.25, 0.3) is 0 Å². The Morgan fingerprint density at radius 2 is 2.03 bits per heavy atom. The summed E-state index contributed by atoms with van der Waals surface area (Å²) in [6.45, 7) is 5.44. The zero-order valence-corrected chi connectivity index (χ0v) is 20.8. The van der Waals surface area contributed by atoms with E-state index in [1.165, 1.54) is 0 Å². The number of rotatable bonds is 8. The molecule has 1 aliphatic heterocycles. The molecule has 0 aliphatic carbocycles. The first-order chi connectivity index (χ1) is 14.7. The molecular formula is C22H30ClIN6O. The van der Waals surface area contributed by atoms with Crippen LogP contribution < -0.4 is 20.9 Å². The molecule has 0 saturated carbocycles. The lowest BCUT2D eigenvalue weighted by molar-refractivity contribution is -0.121. The number of anilines is 1. The quantitative estimate of drug-likeness (QED) is 0.264. The molecule has 1 amide bonds. The van der Waals surface area contributed by atoms with Gasteiger partial charge in [-0.15, -0.1) is 24.0 Å². The average molecular weight is 557 g/mol. The van der Waals surface area contributed by atoms with Crippen LogP contribution in [0.1, 0.15) is 25.3 Å². The summed E-state index contributed by atoms with van der Waals surface area (Å²) in [7, 11) is 0. The van der Waals surface area contributed by atoms with Crippen molar-refractivity contribution in [3.63, 3.8) is 0 Å². The normalized spacial score (nSPS) is 15.9. The molecule has 3 rings (SSSR count). The van der Waals surface area contributed by atoms with Crippen LogP contribution in [-0.4, -0.2) is 49.1 Å². The van der Waals surface area contributed by atoms with Gasteiger partial charge in [0.05, 0.1) is 11.6 Å². The number of carbonyl (C=O) groups is 1. The van der Waals surface area contributed by atoms with Crippen molar-refractivity contribution < 1.29 is 4.79 Å². The first-order valence-electron chi connectivity index (χ1n) is 10.4. The van der Waals surface area contributed by atoms with Gasteiger partial charge in [0.1, 0.15) is 5.82 Å². The predicted octanol–water partition coefficient (Wildman–Crippen LogP) is 3.19. The number of hydrogen-bond donors (Lipinski definition) is 3. The van der Waals surface area contributed by atoms with Crippen LogP contribution in [0.2, 0.25) is 5.02 Å². The number of guanidine groups is 1. The van der Waals surface area contributed by atoms with Gasteiger partial charge < -0.3 is 20.9 Å². The molecule has 168 valence electrons. The number of pyridine rings is 1. The molecule has 3 N–H and O–H groups in total. The molecule has 0 spiro atoms. The van der Waals surface area contributed by atoms with Crippen LogP contribution in [0.15, 0.2) is 53.7 Å². The van der Waals surface area contributed by atoms with Gasteiger partial charge >= 0.3 is 0 Å². The lowest BCUT2D eigenvalue weighted by Gasteiger charge is -2.20. The van der Waals surface area contributed by atoms with E-state index in [1.54, 1.807) is 6.20 Å². The Labute approximate surface area is 206 Å². The molecular weight excluding hydrogens is 527 g/mol. The Balaban J connectivity index is 0.00000341. The van der Waals surface area contributed by atoms with E-state index in [0.717, 1.165) is 43.4 Å². The number of carbonyl (C=O) groups excluding carboxylic acids is 1. The fourth-order valence-electron chi connectivity index (χ4n) is 3.35. The number of amides is 1. The fourth-order valence-corrected chi connectivity index (χ4v) is 3.59. The van der Waals surface area contributed by atoms with Crippen molar-refractivity contribution in [3.05, 3.63) is 59.2 Å². The van der Waals surface area contributed by atoms with Gasteiger partial charge in [-0.25, -0.2) is 4.98 Å². The Hall–Kier alpha value is -2.07. The summed E-state index contributed by atoms with van der Waals surface area (Å²) in [6, 6.07) is 13.8. The van der Waals surface area contributed by atoms with Crippen molar-refractivity contribution >= 4 is 53.3 Å². The van der Waals surface area contributed by atoms with Crippen molar-refractivity contribution in [1.29, 1.82) is 0 Å². The summed E-state index contributed by atoms with van der Waals surface area (Å²) in [4.78, 5) is 23.2. The van der Waals surface area contributed by atoms with E-state index in [9.17, 15) is 4.79 Å². The smallest absolute Gasteiger partial charge is 0.222 e. The molecule has 9 heteroatoms. The van der Waals surface area contributed by atoms with Crippen molar-refractivity contribution in [2.24, 2.45) is 4.99 Å². The highest BCUT2D eigenvalue weighted by molar-refractivity contribution is 14.0. The molecule has 0 radical (unpaired) electrons. The minimum Gasteiger partial charge on any atom is -0.357 e.